The van der Waals surface area contributed by atoms with Gasteiger partial charge < -0.3 is 0 Å². The van der Waals surface area contributed by atoms with Crippen LogP contribution in [0.25, 0.3) is 11.1 Å². The fraction of sp³-hybridized carbons (Fsp3) is 0.167. The molecule has 0 nitrogen and oxygen atoms in total. The first kappa shape index (κ1) is 8.52. The highest BCUT2D eigenvalue weighted by atomic mass is 32.1. The van der Waals surface area contributed by atoms with Crippen LogP contribution in [-0.4, -0.2) is 0 Å². The highest BCUT2D eigenvalue weighted by molar-refractivity contribution is 7.07. The lowest BCUT2D eigenvalue weighted by atomic mass is 9.99. The molecule has 2 rings (SSSR count). The normalized spacial score (nSPS) is 10.3. The maximum absolute atomic E-state index is 3.12. The van der Waals surface area contributed by atoms with Gasteiger partial charge in [-0.05, 0) is 47.5 Å². The molecule has 1 aromatic carbocycles. The van der Waals surface area contributed by atoms with E-state index in [9.17, 15) is 0 Å². The summed E-state index contributed by atoms with van der Waals surface area (Å²) in [5, 5.41) is 5.26. The van der Waals surface area contributed by atoms with Crippen molar-refractivity contribution >= 4 is 11.3 Å². The SMILES string of the molecule is Cc1cccc(-c2c[c]sc2)c1C. The van der Waals surface area contributed by atoms with Crippen LogP contribution in [0, 0.1) is 19.2 Å². The highest BCUT2D eigenvalue weighted by Gasteiger charge is 2.02. The molecule has 1 heteroatoms. The molecule has 1 aromatic heterocycles. The van der Waals surface area contributed by atoms with Crippen molar-refractivity contribution in [3.63, 3.8) is 0 Å². The number of thiophene rings is 1. The molecular weight excluding hydrogens is 176 g/mol. The van der Waals surface area contributed by atoms with Crippen LogP contribution in [0.3, 0.4) is 0 Å². The fourth-order valence-electron chi connectivity index (χ4n) is 1.43. The van der Waals surface area contributed by atoms with Gasteiger partial charge in [-0.15, -0.1) is 11.3 Å². The Morgan fingerprint density at radius 2 is 2.08 bits per heavy atom. The molecule has 0 aliphatic heterocycles. The Balaban J connectivity index is 2.59. The van der Waals surface area contributed by atoms with E-state index in [1.807, 2.05) is 6.07 Å². The lowest BCUT2D eigenvalue weighted by Crippen LogP contribution is -1.84. The summed E-state index contributed by atoms with van der Waals surface area (Å²) in [7, 11) is 0. The van der Waals surface area contributed by atoms with Crippen LogP contribution in [0.1, 0.15) is 11.1 Å². The van der Waals surface area contributed by atoms with E-state index >= 15 is 0 Å². The van der Waals surface area contributed by atoms with Crippen molar-refractivity contribution in [2.75, 3.05) is 0 Å². The molecule has 1 radical (unpaired) electrons. The molecule has 0 N–H and O–H groups in total. The minimum atomic E-state index is 1.28. The first-order valence-electron chi connectivity index (χ1n) is 4.30. The van der Waals surface area contributed by atoms with Crippen molar-refractivity contribution in [1.29, 1.82) is 0 Å². The molecule has 0 fully saturated rings. The predicted octanol–water partition coefficient (Wildman–Crippen LogP) is 3.83. The van der Waals surface area contributed by atoms with Crippen LogP contribution in [0.4, 0.5) is 0 Å². The van der Waals surface area contributed by atoms with E-state index in [4.69, 9.17) is 0 Å². The first-order chi connectivity index (χ1) is 6.29. The van der Waals surface area contributed by atoms with E-state index in [0.717, 1.165) is 0 Å². The summed E-state index contributed by atoms with van der Waals surface area (Å²) in [5.74, 6) is 0. The molecule has 13 heavy (non-hydrogen) atoms. The number of aryl methyl sites for hydroxylation is 1. The monoisotopic (exact) mass is 187 g/mol. The Labute approximate surface area is 82.9 Å². The quantitative estimate of drug-likeness (QED) is 0.636. The van der Waals surface area contributed by atoms with E-state index < -0.39 is 0 Å². The maximum Gasteiger partial charge on any atom is 0.0449 e. The van der Waals surface area contributed by atoms with Crippen LogP contribution >= 0.6 is 11.3 Å². The van der Waals surface area contributed by atoms with Crippen molar-refractivity contribution in [1.82, 2.24) is 0 Å². The van der Waals surface area contributed by atoms with Gasteiger partial charge in [0.05, 0.1) is 0 Å². The first-order valence-corrected chi connectivity index (χ1v) is 5.18. The molecule has 0 amide bonds. The fourth-order valence-corrected chi connectivity index (χ4v) is 2.02. The zero-order valence-corrected chi connectivity index (χ0v) is 8.61. The zero-order chi connectivity index (χ0) is 9.26. The summed E-state index contributed by atoms with van der Waals surface area (Å²) >= 11 is 1.62. The van der Waals surface area contributed by atoms with Gasteiger partial charge in [-0.3, -0.25) is 0 Å². The molecule has 0 saturated carbocycles. The molecule has 0 aliphatic carbocycles. The van der Waals surface area contributed by atoms with Crippen molar-refractivity contribution in [3.8, 4) is 11.1 Å². The summed E-state index contributed by atoms with van der Waals surface area (Å²) in [6.07, 6.45) is 0. The maximum atomic E-state index is 3.12. The van der Waals surface area contributed by atoms with E-state index in [1.54, 1.807) is 11.3 Å². The minimum Gasteiger partial charge on any atom is -0.142 e. The van der Waals surface area contributed by atoms with Gasteiger partial charge in [0.25, 0.3) is 0 Å². The molecule has 2 aromatic rings. The van der Waals surface area contributed by atoms with Crippen molar-refractivity contribution in [3.05, 3.63) is 46.2 Å². The van der Waals surface area contributed by atoms with Crippen LogP contribution < -0.4 is 0 Å². The molecular formula is C12H11S. The van der Waals surface area contributed by atoms with E-state index in [2.05, 4.69) is 42.8 Å². The second-order valence-electron chi connectivity index (χ2n) is 3.20. The second-order valence-corrected chi connectivity index (χ2v) is 3.91. The number of hydrogen-bond acceptors (Lipinski definition) is 1. The summed E-state index contributed by atoms with van der Waals surface area (Å²) < 4.78 is 0. The number of rotatable bonds is 1. The molecule has 0 atom stereocenters. The molecule has 0 spiro atoms. The Morgan fingerprint density at radius 3 is 2.77 bits per heavy atom. The van der Waals surface area contributed by atoms with E-state index in [-0.39, 0.29) is 0 Å². The minimum absolute atomic E-state index is 1.28. The van der Waals surface area contributed by atoms with Crippen molar-refractivity contribution < 1.29 is 0 Å². The van der Waals surface area contributed by atoms with Gasteiger partial charge in [0.2, 0.25) is 0 Å². The Kier molecular flexibility index (Phi) is 2.19. The Bertz CT molecular complexity index is 399. The molecule has 0 aliphatic rings. The third kappa shape index (κ3) is 1.52. The molecule has 65 valence electrons. The summed E-state index contributed by atoms with van der Waals surface area (Å²) in [4.78, 5) is 0. The van der Waals surface area contributed by atoms with Gasteiger partial charge in [-0.1, -0.05) is 18.2 Å². The molecule has 0 saturated heterocycles. The number of hydrogen-bond donors (Lipinski definition) is 0. The largest absolute Gasteiger partial charge is 0.142 e. The summed E-state index contributed by atoms with van der Waals surface area (Å²) in [5.41, 5.74) is 5.33. The lowest BCUT2D eigenvalue weighted by Gasteiger charge is -2.05. The summed E-state index contributed by atoms with van der Waals surface area (Å²) in [6.45, 7) is 4.32. The number of benzene rings is 1. The lowest BCUT2D eigenvalue weighted by molar-refractivity contribution is 1.34. The van der Waals surface area contributed by atoms with Gasteiger partial charge in [-0.25, -0.2) is 0 Å². The Hall–Kier alpha value is -1.08. The average molecular weight is 187 g/mol. The third-order valence-electron chi connectivity index (χ3n) is 2.38. The van der Waals surface area contributed by atoms with Gasteiger partial charge in [0.15, 0.2) is 0 Å². The van der Waals surface area contributed by atoms with Crippen LogP contribution in [0.2, 0.25) is 0 Å². The van der Waals surface area contributed by atoms with Crippen LogP contribution in [-0.2, 0) is 0 Å². The second kappa shape index (κ2) is 3.35. The molecule has 0 bridgehead atoms. The van der Waals surface area contributed by atoms with Gasteiger partial charge in [0, 0.05) is 5.38 Å². The predicted molar refractivity (Wildman–Crippen MR) is 58.1 cm³/mol. The van der Waals surface area contributed by atoms with Gasteiger partial charge in [-0.2, -0.15) is 0 Å². The third-order valence-corrected chi connectivity index (χ3v) is 3.01. The van der Waals surface area contributed by atoms with Gasteiger partial charge >= 0.3 is 0 Å². The molecule has 1 heterocycles. The average Bonchev–Trinajstić information content (AvgIpc) is 2.62. The van der Waals surface area contributed by atoms with Crippen molar-refractivity contribution in [2.45, 2.75) is 13.8 Å². The van der Waals surface area contributed by atoms with Crippen molar-refractivity contribution in [2.24, 2.45) is 0 Å². The molecule has 0 unspecified atom stereocenters. The van der Waals surface area contributed by atoms with E-state index in [1.165, 1.54) is 22.3 Å². The Morgan fingerprint density at radius 1 is 1.23 bits per heavy atom. The standard InChI is InChI=1S/C12H11S/c1-9-4-3-5-12(10(9)2)11-6-7-13-8-11/h3-6,8H,1-2H3. The summed E-state index contributed by atoms with van der Waals surface area (Å²) in [6, 6.07) is 8.47. The van der Waals surface area contributed by atoms with Crippen LogP contribution in [0.15, 0.2) is 29.6 Å². The van der Waals surface area contributed by atoms with Crippen LogP contribution in [0.5, 0.6) is 0 Å². The van der Waals surface area contributed by atoms with E-state index in [0.29, 0.717) is 0 Å². The smallest absolute Gasteiger partial charge is 0.0449 e. The zero-order valence-electron chi connectivity index (χ0n) is 7.79. The van der Waals surface area contributed by atoms with Gasteiger partial charge in [0.1, 0.15) is 0 Å². The topological polar surface area (TPSA) is 0 Å². The highest BCUT2D eigenvalue weighted by Crippen LogP contribution is 2.26.